The minimum absolute atomic E-state index is 0.0817. The standard InChI is InChI=1S/C28H31N5O2/c1-3-4-11-23-29-26(24-25(31-35-27(24)30-23)21-9-6-5-7-10-21)32-16-8-17-33(19-18-32)28(34)22-14-12-20(2)13-15-22/h5-7,9-10,12-15H,3-4,8,11,16-19H2,1-2H3. The van der Waals surface area contributed by atoms with Crippen LogP contribution in [0.15, 0.2) is 59.1 Å². The zero-order chi connectivity index (χ0) is 24.2. The summed E-state index contributed by atoms with van der Waals surface area (Å²) < 4.78 is 5.72. The van der Waals surface area contributed by atoms with E-state index in [0.29, 0.717) is 18.8 Å². The molecule has 1 fully saturated rings. The molecular formula is C28H31N5O2. The Bertz CT molecular complexity index is 1300. The minimum atomic E-state index is 0.0817. The molecule has 0 bridgehead atoms. The van der Waals surface area contributed by atoms with Crippen LogP contribution < -0.4 is 4.90 Å². The highest BCUT2D eigenvalue weighted by Gasteiger charge is 2.26. The van der Waals surface area contributed by atoms with Gasteiger partial charge in [-0.05, 0) is 31.9 Å². The van der Waals surface area contributed by atoms with E-state index in [1.165, 1.54) is 0 Å². The summed E-state index contributed by atoms with van der Waals surface area (Å²) in [6, 6.07) is 17.8. The van der Waals surface area contributed by atoms with Crippen molar-refractivity contribution >= 4 is 22.8 Å². The van der Waals surface area contributed by atoms with E-state index < -0.39 is 0 Å². The molecule has 3 heterocycles. The van der Waals surface area contributed by atoms with Gasteiger partial charge in [-0.1, -0.05) is 66.5 Å². The number of unbranched alkanes of at least 4 members (excludes halogenated alkanes) is 1. The van der Waals surface area contributed by atoms with Crippen LogP contribution in [0.5, 0.6) is 0 Å². The van der Waals surface area contributed by atoms with Crippen LogP contribution in [0.25, 0.3) is 22.4 Å². The Morgan fingerprint density at radius 2 is 1.77 bits per heavy atom. The van der Waals surface area contributed by atoms with Crippen molar-refractivity contribution in [3.05, 3.63) is 71.5 Å². The maximum atomic E-state index is 13.1. The Labute approximate surface area is 205 Å². The predicted molar refractivity (Wildman–Crippen MR) is 138 cm³/mol. The number of carbonyl (C=O) groups is 1. The number of hydrogen-bond donors (Lipinski definition) is 0. The fourth-order valence-electron chi connectivity index (χ4n) is 4.56. The van der Waals surface area contributed by atoms with Gasteiger partial charge < -0.3 is 14.3 Å². The van der Waals surface area contributed by atoms with Crippen molar-refractivity contribution in [2.75, 3.05) is 31.1 Å². The largest absolute Gasteiger partial charge is 0.354 e. The highest BCUT2D eigenvalue weighted by atomic mass is 16.5. The Balaban J connectivity index is 1.47. The highest BCUT2D eigenvalue weighted by Crippen LogP contribution is 2.34. The normalized spacial score (nSPS) is 14.3. The third-order valence-electron chi connectivity index (χ3n) is 6.55. The maximum Gasteiger partial charge on any atom is 0.263 e. The Morgan fingerprint density at radius 1 is 0.971 bits per heavy atom. The summed E-state index contributed by atoms with van der Waals surface area (Å²) in [5, 5.41) is 5.23. The van der Waals surface area contributed by atoms with E-state index in [0.717, 1.165) is 78.2 Å². The summed E-state index contributed by atoms with van der Waals surface area (Å²) in [6.07, 6.45) is 3.75. The van der Waals surface area contributed by atoms with E-state index in [4.69, 9.17) is 14.5 Å². The van der Waals surface area contributed by atoms with E-state index >= 15 is 0 Å². The highest BCUT2D eigenvalue weighted by molar-refractivity contribution is 5.98. The van der Waals surface area contributed by atoms with Gasteiger partial charge in [0.1, 0.15) is 22.7 Å². The molecule has 1 amide bonds. The summed E-state index contributed by atoms with van der Waals surface area (Å²) in [7, 11) is 0. The van der Waals surface area contributed by atoms with Gasteiger partial charge in [-0.2, -0.15) is 4.98 Å². The van der Waals surface area contributed by atoms with Crippen LogP contribution in [-0.4, -0.2) is 52.1 Å². The molecule has 1 saturated heterocycles. The van der Waals surface area contributed by atoms with Crippen LogP contribution in [0.1, 0.15) is 47.9 Å². The van der Waals surface area contributed by atoms with Crippen molar-refractivity contribution < 1.29 is 9.32 Å². The lowest BCUT2D eigenvalue weighted by molar-refractivity contribution is 0.0767. The molecule has 4 aromatic rings. The van der Waals surface area contributed by atoms with Gasteiger partial charge in [-0.3, -0.25) is 4.79 Å². The van der Waals surface area contributed by atoms with Crippen molar-refractivity contribution in [3.63, 3.8) is 0 Å². The van der Waals surface area contributed by atoms with E-state index in [9.17, 15) is 4.79 Å². The van der Waals surface area contributed by atoms with Crippen LogP contribution in [0.4, 0.5) is 5.82 Å². The second-order valence-electron chi connectivity index (χ2n) is 9.14. The molecule has 2 aromatic heterocycles. The summed E-state index contributed by atoms with van der Waals surface area (Å²) in [5.41, 5.74) is 4.15. The van der Waals surface area contributed by atoms with Crippen LogP contribution in [0.2, 0.25) is 0 Å². The number of hydrogen-bond acceptors (Lipinski definition) is 6. The first-order valence-electron chi connectivity index (χ1n) is 12.5. The van der Waals surface area contributed by atoms with E-state index in [-0.39, 0.29) is 5.91 Å². The lowest BCUT2D eigenvalue weighted by atomic mass is 10.1. The molecule has 5 rings (SSSR count). The predicted octanol–water partition coefficient (Wildman–Crippen LogP) is 5.29. The minimum Gasteiger partial charge on any atom is -0.354 e. The molecular weight excluding hydrogens is 438 g/mol. The molecule has 180 valence electrons. The molecule has 0 spiro atoms. The Hall–Kier alpha value is -3.74. The number of anilines is 1. The van der Waals surface area contributed by atoms with Crippen molar-refractivity contribution in [1.29, 1.82) is 0 Å². The molecule has 0 unspecified atom stereocenters. The van der Waals surface area contributed by atoms with Crippen molar-refractivity contribution in [2.45, 2.75) is 39.5 Å². The third-order valence-corrected chi connectivity index (χ3v) is 6.55. The van der Waals surface area contributed by atoms with E-state index in [1.807, 2.05) is 66.4 Å². The fraction of sp³-hybridized carbons (Fsp3) is 0.357. The number of nitrogens with zero attached hydrogens (tertiary/aromatic N) is 5. The quantitative estimate of drug-likeness (QED) is 0.382. The molecule has 0 atom stereocenters. The number of benzene rings is 2. The van der Waals surface area contributed by atoms with Crippen molar-refractivity contribution in [2.24, 2.45) is 0 Å². The molecule has 7 nitrogen and oxygen atoms in total. The number of aromatic nitrogens is 3. The van der Waals surface area contributed by atoms with Crippen LogP contribution in [-0.2, 0) is 6.42 Å². The van der Waals surface area contributed by atoms with Gasteiger partial charge in [0.15, 0.2) is 0 Å². The molecule has 7 heteroatoms. The molecule has 0 radical (unpaired) electrons. The SMILES string of the molecule is CCCCc1nc(N2CCCN(C(=O)c3ccc(C)cc3)CC2)c2c(-c3ccccc3)noc2n1. The van der Waals surface area contributed by atoms with Gasteiger partial charge in [-0.15, -0.1) is 0 Å². The monoisotopic (exact) mass is 469 g/mol. The Kier molecular flexibility index (Phi) is 6.75. The zero-order valence-corrected chi connectivity index (χ0v) is 20.4. The summed E-state index contributed by atoms with van der Waals surface area (Å²) in [4.78, 5) is 27.1. The van der Waals surface area contributed by atoms with E-state index in [1.54, 1.807) is 0 Å². The van der Waals surface area contributed by atoms with Crippen LogP contribution in [0.3, 0.4) is 0 Å². The van der Waals surface area contributed by atoms with Gasteiger partial charge in [0.2, 0.25) is 0 Å². The van der Waals surface area contributed by atoms with Gasteiger partial charge in [0.05, 0.1) is 0 Å². The molecule has 1 aliphatic rings. The first kappa shape index (κ1) is 23.0. The van der Waals surface area contributed by atoms with Gasteiger partial charge in [-0.25, -0.2) is 4.98 Å². The molecule has 35 heavy (non-hydrogen) atoms. The number of amides is 1. The lowest BCUT2D eigenvalue weighted by Gasteiger charge is -2.24. The average molecular weight is 470 g/mol. The van der Waals surface area contributed by atoms with Crippen molar-refractivity contribution in [3.8, 4) is 11.3 Å². The summed E-state index contributed by atoms with van der Waals surface area (Å²) in [6.45, 7) is 7.04. The van der Waals surface area contributed by atoms with E-state index in [2.05, 4.69) is 17.0 Å². The first-order chi connectivity index (χ1) is 17.1. The summed E-state index contributed by atoms with van der Waals surface area (Å²) >= 11 is 0. The second-order valence-corrected chi connectivity index (χ2v) is 9.14. The van der Waals surface area contributed by atoms with Crippen LogP contribution in [0, 0.1) is 6.92 Å². The van der Waals surface area contributed by atoms with Crippen molar-refractivity contribution in [1.82, 2.24) is 20.0 Å². The smallest absolute Gasteiger partial charge is 0.263 e. The fourth-order valence-corrected chi connectivity index (χ4v) is 4.56. The average Bonchev–Trinajstić information content (AvgIpc) is 3.16. The van der Waals surface area contributed by atoms with Gasteiger partial charge in [0.25, 0.3) is 11.6 Å². The van der Waals surface area contributed by atoms with Gasteiger partial charge >= 0.3 is 0 Å². The lowest BCUT2D eigenvalue weighted by Crippen LogP contribution is -2.35. The second kappa shape index (κ2) is 10.3. The molecule has 0 saturated carbocycles. The molecule has 0 aliphatic carbocycles. The maximum absolute atomic E-state index is 13.1. The zero-order valence-electron chi connectivity index (χ0n) is 20.4. The number of fused-ring (bicyclic) bond motifs is 1. The first-order valence-corrected chi connectivity index (χ1v) is 12.5. The Morgan fingerprint density at radius 3 is 2.54 bits per heavy atom. The van der Waals surface area contributed by atoms with Crippen LogP contribution >= 0.6 is 0 Å². The summed E-state index contributed by atoms with van der Waals surface area (Å²) in [5.74, 6) is 1.71. The number of rotatable bonds is 6. The van der Waals surface area contributed by atoms with Gasteiger partial charge in [0, 0.05) is 43.7 Å². The topological polar surface area (TPSA) is 75.4 Å². The molecule has 1 aliphatic heterocycles. The third kappa shape index (κ3) is 4.90. The molecule has 0 N–H and O–H groups in total. The molecule has 2 aromatic carbocycles. The number of aryl methyl sites for hydroxylation is 2. The number of carbonyl (C=O) groups excluding carboxylic acids is 1.